The van der Waals surface area contributed by atoms with Crippen molar-refractivity contribution in [1.82, 2.24) is 15.5 Å². The van der Waals surface area contributed by atoms with Gasteiger partial charge in [-0.05, 0) is 32.0 Å². The van der Waals surface area contributed by atoms with Gasteiger partial charge in [0.25, 0.3) is 5.91 Å². The van der Waals surface area contributed by atoms with E-state index in [2.05, 4.69) is 15.5 Å². The molecule has 1 aromatic heterocycles. The van der Waals surface area contributed by atoms with Crippen LogP contribution in [0.3, 0.4) is 0 Å². The second-order valence-corrected chi connectivity index (χ2v) is 6.25. The van der Waals surface area contributed by atoms with Gasteiger partial charge in [0, 0.05) is 10.6 Å². The molecular weight excluding hydrogens is 354 g/mol. The van der Waals surface area contributed by atoms with Crippen LogP contribution in [-0.2, 0) is 11.3 Å². The highest BCUT2D eigenvalue weighted by Crippen LogP contribution is 2.19. The van der Waals surface area contributed by atoms with Crippen molar-refractivity contribution in [1.29, 1.82) is 0 Å². The Morgan fingerprint density at radius 3 is 2.77 bits per heavy atom. The first-order valence-electron chi connectivity index (χ1n) is 8.11. The fourth-order valence-electron chi connectivity index (χ4n) is 2.25. The summed E-state index contributed by atoms with van der Waals surface area (Å²) in [6, 6.07) is 14.7. The van der Waals surface area contributed by atoms with Gasteiger partial charge in [0.2, 0.25) is 11.7 Å². The summed E-state index contributed by atoms with van der Waals surface area (Å²) in [5.41, 5.74) is 2.01. The van der Waals surface area contributed by atoms with E-state index in [0.29, 0.717) is 22.5 Å². The Hall–Kier alpha value is -2.86. The van der Waals surface area contributed by atoms with Crippen LogP contribution in [0.4, 0.5) is 0 Å². The molecule has 0 saturated heterocycles. The standard InChI is InChI=1S/C19H18ClN3O3/c1-12-6-8-14(9-7-12)18-22-17(26-23-18)11-21-19(24)13(2)25-16-5-3-4-15(20)10-16/h3-10,13H,11H2,1-2H3,(H,21,24)/t13-/m0/s1. The van der Waals surface area contributed by atoms with Gasteiger partial charge in [-0.25, -0.2) is 0 Å². The minimum Gasteiger partial charge on any atom is -0.481 e. The first kappa shape index (κ1) is 17.9. The smallest absolute Gasteiger partial charge is 0.261 e. The number of nitrogens with one attached hydrogen (secondary N) is 1. The van der Waals surface area contributed by atoms with Crippen molar-refractivity contribution in [2.24, 2.45) is 0 Å². The van der Waals surface area contributed by atoms with Crippen LogP contribution >= 0.6 is 11.6 Å². The lowest BCUT2D eigenvalue weighted by molar-refractivity contribution is -0.127. The molecule has 0 radical (unpaired) electrons. The number of aryl methyl sites for hydroxylation is 1. The molecule has 7 heteroatoms. The zero-order valence-corrected chi connectivity index (χ0v) is 15.2. The van der Waals surface area contributed by atoms with Crippen molar-refractivity contribution in [2.45, 2.75) is 26.5 Å². The highest BCUT2D eigenvalue weighted by Gasteiger charge is 2.16. The number of hydrogen-bond acceptors (Lipinski definition) is 5. The SMILES string of the molecule is Cc1ccc(-c2noc(CNC(=O)[C@H](C)Oc3cccc(Cl)c3)n2)cc1. The maximum Gasteiger partial charge on any atom is 0.261 e. The summed E-state index contributed by atoms with van der Waals surface area (Å²) >= 11 is 5.90. The second-order valence-electron chi connectivity index (χ2n) is 5.81. The molecule has 0 saturated carbocycles. The number of halogens is 1. The summed E-state index contributed by atoms with van der Waals surface area (Å²) in [7, 11) is 0. The molecule has 1 atom stereocenters. The topological polar surface area (TPSA) is 77.2 Å². The number of rotatable bonds is 6. The zero-order chi connectivity index (χ0) is 18.5. The van der Waals surface area contributed by atoms with E-state index in [1.807, 2.05) is 31.2 Å². The fourth-order valence-corrected chi connectivity index (χ4v) is 2.43. The number of ether oxygens (including phenoxy) is 1. The maximum atomic E-state index is 12.2. The van der Waals surface area contributed by atoms with E-state index < -0.39 is 6.10 Å². The monoisotopic (exact) mass is 371 g/mol. The largest absolute Gasteiger partial charge is 0.481 e. The lowest BCUT2D eigenvalue weighted by Crippen LogP contribution is -2.35. The van der Waals surface area contributed by atoms with E-state index >= 15 is 0 Å². The van der Waals surface area contributed by atoms with Gasteiger partial charge in [-0.2, -0.15) is 4.98 Å². The van der Waals surface area contributed by atoms with Crippen LogP contribution in [0.5, 0.6) is 5.75 Å². The lowest BCUT2D eigenvalue weighted by atomic mass is 10.1. The molecule has 3 aromatic rings. The van der Waals surface area contributed by atoms with Gasteiger partial charge in [0.15, 0.2) is 6.10 Å². The molecule has 0 spiro atoms. The van der Waals surface area contributed by atoms with Crippen molar-refractivity contribution in [3.63, 3.8) is 0 Å². The van der Waals surface area contributed by atoms with E-state index in [9.17, 15) is 4.79 Å². The second kappa shape index (κ2) is 8.01. The van der Waals surface area contributed by atoms with Crippen LogP contribution in [0.1, 0.15) is 18.4 Å². The molecule has 0 aliphatic rings. The summed E-state index contributed by atoms with van der Waals surface area (Å²) in [5.74, 6) is 1.04. The minimum absolute atomic E-state index is 0.126. The number of benzene rings is 2. The van der Waals surface area contributed by atoms with Crippen LogP contribution in [0, 0.1) is 6.92 Å². The Balaban J connectivity index is 1.55. The molecule has 0 unspecified atom stereocenters. The van der Waals surface area contributed by atoms with Gasteiger partial charge < -0.3 is 14.6 Å². The Morgan fingerprint density at radius 1 is 1.27 bits per heavy atom. The third-order valence-corrected chi connectivity index (χ3v) is 3.90. The minimum atomic E-state index is -0.687. The summed E-state index contributed by atoms with van der Waals surface area (Å²) in [6.07, 6.45) is -0.687. The molecule has 0 fully saturated rings. The van der Waals surface area contributed by atoms with Crippen molar-refractivity contribution in [2.75, 3.05) is 0 Å². The predicted octanol–water partition coefficient (Wildman–Crippen LogP) is 3.78. The van der Waals surface area contributed by atoms with Gasteiger partial charge in [0.1, 0.15) is 5.75 Å². The summed E-state index contributed by atoms with van der Waals surface area (Å²) in [4.78, 5) is 16.4. The molecule has 0 aliphatic heterocycles. The average molecular weight is 372 g/mol. The number of nitrogens with zero attached hydrogens (tertiary/aromatic N) is 2. The third-order valence-electron chi connectivity index (χ3n) is 3.67. The van der Waals surface area contributed by atoms with Crippen molar-refractivity contribution >= 4 is 17.5 Å². The van der Waals surface area contributed by atoms with Crippen molar-refractivity contribution in [3.05, 3.63) is 65.0 Å². The van der Waals surface area contributed by atoms with Gasteiger partial charge in [-0.15, -0.1) is 0 Å². The van der Waals surface area contributed by atoms with Crippen LogP contribution in [0.15, 0.2) is 53.1 Å². The number of carbonyl (C=O) groups excluding carboxylic acids is 1. The number of amides is 1. The first-order chi connectivity index (χ1) is 12.5. The zero-order valence-electron chi connectivity index (χ0n) is 14.4. The first-order valence-corrected chi connectivity index (χ1v) is 8.48. The van der Waals surface area contributed by atoms with E-state index in [-0.39, 0.29) is 12.5 Å². The summed E-state index contributed by atoms with van der Waals surface area (Å²) in [5, 5.41) is 7.19. The van der Waals surface area contributed by atoms with Gasteiger partial charge in [-0.1, -0.05) is 52.7 Å². The molecule has 0 bridgehead atoms. The maximum absolute atomic E-state index is 12.2. The van der Waals surface area contributed by atoms with Crippen LogP contribution < -0.4 is 10.1 Å². The Kier molecular flexibility index (Phi) is 5.53. The van der Waals surface area contributed by atoms with Crippen LogP contribution in [-0.4, -0.2) is 22.2 Å². The summed E-state index contributed by atoms with van der Waals surface area (Å²) in [6.45, 7) is 3.79. The van der Waals surface area contributed by atoms with E-state index in [1.165, 1.54) is 0 Å². The third kappa shape index (κ3) is 4.61. The Labute approximate surface area is 156 Å². The van der Waals surface area contributed by atoms with Gasteiger partial charge in [0.05, 0.1) is 6.54 Å². The number of hydrogen-bond donors (Lipinski definition) is 1. The molecule has 1 N–H and O–H groups in total. The average Bonchev–Trinajstić information content (AvgIpc) is 3.09. The Morgan fingerprint density at radius 2 is 2.04 bits per heavy atom. The molecule has 26 heavy (non-hydrogen) atoms. The van der Waals surface area contributed by atoms with Crippen LogP contribution in [0.25, 0.3) is 11.4 Å². The van der Waals surface area contributed by atoms with E-state index in [1.54, 1.807) is 31.2 Å². The molecule has 2 aromatic carbocycles. The quantitative estimate of drug-likeness (QED) is 0.713. The molecule has 0 aliphatic carbocycles. The van der Waals surface area contributed by atoms with E-state index in [4.69, 9.17) is 20.9 Å². The predicted molar refractivity (Wildman–Crippen MR) is 97.9 cm³/mol. The normalized spacial score (nSPS) is 11.8. The molecule has 3 rings (SSSR count). The highest BCUT2D eigenvalue weighted by atomic mass is 35.5. The highest BCUT2D eigenvalue weighted by molar-refractivity contribution is 6.30. The van der Waals surface area contributed by atoms with Gasteiger partial charge in [-0.3, -0.25) is 4.79 Å². The van der Waals surface area contributed by atoms with Crippen molar-refractivity contribution < 1.29 is 14.1 Å². The molecule has 134 valence electrons. The van der Waals surface area contributed by atoms with E-state index in [0.717, 1.165) is 11.1 Å². The summed E-state index contributed by atoms with van der Waals surface area (Å²) < 4.78 is 10.7. The van der Waals surface area contributed by atoms with Crippen molar-refractivity contribution in [3.8, 4) is 17.1 Å². The molecular formula is C19H18ClN3O3. The van der Waals surface area contributed by atoms with Crippen LogP contribution in [0.2, 0.25) is 5.02 Å². The number of carbonyl (C=O) groups is 1. The number of aromatic nitrogens is 2. The fraction of sp³-hybridized carbons (Fsp3) is 0.211. The Bertz CT molecular complexity index is 893. The molecule has 1 amide bonds. The molecule has 6 nitrogen and oxygen atoms in total. The lowest BCUT2D eigenvalue weighted by Gasteiger charge is -2.14. The molecule has 1 heterocycles. The van der Waals surface area contributed by atoms with Gasteiger partial charge >= 0.3 is 0 Å².